The Hall–Kier alpha value is -0.870. The number of rotatable bonds is 5. The maximum Gasteiger partial charge on any atom is 0.123 e. The van der Waals surface area contributed by atoms with Crippen LogP contribution in [-0.2, 0) is 6.54 Å². The van der Waals surface area contributed by atoms with Gasteiger partial charge in [-0.25, -0.2) is 0 Å². The highest BCUT2D eigenvalue weighted by Crippen LogP contribution is 2.26. The Labute approximate surface area is 114 Å². The Kier molecular flexibility index (Phi) is 4.78. The first-order valence-corrected chi connectivity index (χ1v) is 7.65. The molecule has 2 rings (SSSR count). The Morgan fingerprint density at radius 1 is 1.50 bits per heavy atom. The van der Waals surface area contributed by atoms with Gasteiger partial charge in [-0.3, -0.25) is 4.90 Å². The number of nitrogens with zero attached hydrogens (tertiary/aromatic N) is 1. The zero-order valence-electron chi connectivity index (χ0n) is 11.2. The van der Waals surface area contributed by atoms with Gasteiger partial charge >= 0.3 is 0 Å². The van der Waals surface area contributed by atoms with Crippen molar-refractivity contribution in [3.8, 4) is 5.75 Å². The molecule has 1 unspecified atom stereocenters. The summed E-state index contributed by atoms with van der Waals surface area (Å²) in [5.74, 6) is 3.48. The molecule has 0 bridgehead atoms. The molecule has 4 heteroatoms. The fourth-order valence-electron chi connectivity index (χ4n) is 2.29. The minimum atomic E-state index is 0.686. The van der Waals surface area contributed by atoms with Gasteiger partial charge in [0.25, 0.3) is 0 Å². The van der Waals surface area contributed by atoms with E-state index in [9.17, 15) is 0 Å². The molecule has 1 aliphatic rings. The average molecular weight is 266 g/mol. The van der Waals surface area contributed by atoms with E-state index >= 15 is 0 Å². The van der Waals surface area contributed by atoms with Crippen molar-refractivity contribution in [3.05, 3.63) is 23.8 Å². The first kappa shape index (κ1) is 13.6. The van der Waals surface area contributed by atoms with Crippen LogP contribution in [0.3, 0.4) is 0 Å². The van der Waals surface area contributed by atoms with E-state index in [-0.39, 0.29) is 0 Å². The molecule has 1 aliphatic heterocycles. The van der Waals surface area contributed by atoms with Crippen LogP contribution in [0.5, 0.6) is 5.75 Å². The number of nitrogen functional groups attached to an aromatic ring is 1. The van der Waals surface area contributed by atoms with Crippen molar-refractivity contribution in [3.63, 3.8) is 0 Å². The summed E-state index contributed by atoms with van der Waals surface area (Å²) in [4.78, 5) is 2.41. The first-order valence-electron chi connectivity index (χ1n) is 6.50. The van der Waals surface area contributed by atoms with E-state index in [2.05, 4.69) is 11.9 Å². The van der Waals surface area contributed by atoms with Gasteiger partial charge in [-0.05, 0) is 44.3 Å². The summed E-state index contributed by atoms with van der Waals surface area (Å²) in [6.07, 6.45) is 1.29. The Morgan fingerprint density at radius 2 is 2.33 bits per heavy atom. The lowest BCUT2D eigenvalue weighted by atomic mass is 10.1. The SMILES string of the molecule is CCOc1ccc(N)cc1CN(C)C1CCSC1. The van der Waals surface area contributed by atoms with Gasteiger partial charge in [-0.15, -0.1) is 0 Å². The molecular formula is C14H22N2OS. The smallest absolute Gasteiger partial charge is 0.123 e. The topological polar surface area (TPSA) is 38.5 Å². The van der Waals surface area contributed by atoms with Crippen molar-refractivity contribution in [2.75, 3.05) is 30.9 Å². The molecule has 3 nitrogen and oxygen atoms in total. The van der Waals surface area contributed by atoms with Crippen LogP contribution < -0.4 is 10.5 Å². The lowest BCUT2D eigenvalue weighted by Crippen LogP contribution is -2.31. The van der Waals surface area contributed by atoms with Gasteiger partial charge in [0.15, 0.2) is 0 Å². The third kappa shape index (κ3) is 3.33. The summed E-state index contributed by atoms with van der Waals surface area (Å²) in [7, 11) is 2.19. The lowest BCUT2D eigenvalue weighted by molar-refractivity contribution is 0.247. The third-order valence-electron chi connectivity index (χ3n) is 3.33. The maximum absolute atomic E-state index is 5.87. The van der Waals surface area contributed by atoms with Crippen molar-refractivity contribution in [2.24, 2.45) is 0 Å². The van der Waals surface area contributed by atoms with Crippen LogP contribution in [0.1, 0.15) is 18.9 Å². The molecule has 0 amide bonds. The second kappa shape index (κ2) is 6.34. The maximum atomic E-state index is 5.87. The second-order valence-electron chi connectivity index (χ2n) is 4.73. The van der Waals surface area contributed by atoms with Crippen molar-refractivity contribution in [1.82, 2.24) is 4.90 Å². The molecular weight excluding hydrogens is 244 g/mol. The molecule has 0 aliphatic carbocycles. The molecule has 0 spiro atoms. The zero-order valence-corrected chi connectivity index (χ0v) is 12.0. The van der Waals surface area contributed by atoms with Gasteiger partial charge in [0, 0.05) is 29.6 Å². The van der Waals surface area contributed by atoms with Crippen LogP contribution >= 0.6 is 11.8 Å². The summed E-state index contributed by atoms with van der Waals surface area (Å²) < 4.78 is 5.67. The van der Waals surface area contributed by atoms with E-state index in [4.69, 9.17) is 10.5 Å². The molecule has 1 aromatic rings. The van der Waals surface area contributed by atoms with Gasteiger partial charge in [0.1, 0.15) is 5.75 Å². The molecule has 100 valence electrons. The van der Waals surface area contributed by atoms with Crippen molar-refractivity contribution < 1.29 is 4.74 Å². The monoisotopic (exact) mass is 266 g/mol. The number of nitrogens with two attached hydrogens (primary N) is 1. The Balaban J connectivity index is 2.08. The fourth-order valence-corrected chi connectivity index (χ4v) is 3.59. The minimum Gasteiger partial charge on any atom is -0.494 e. The van der Waals surface area contributed by atoms with E-state index in [1.165, 1.54) is 23.5 Å². The fraction of sp³-hybridized carbons (Fsp3) is 0.571. The van der Waals surface area contributed by atoms with Crippen molar-refractivity contribution in [1.29, 1.82) is 0 Å². The molecule has 2 N–H and O–H groups in total. The highest BCUT2D eigenvalue weighted by atomic mass is 32.2. The summed E-state index contributed by atoms with van der Waals surface area (Å²) in [6.45, 7) is 3.61. The predicted octanol–water partition coefficient (Wildman–Crippen LogP) is 2.60. The Bertz CT molecular complexity index is 391. The average Bonchev–Trinajstić information content (AvgIpc) is 2.86. The van der Waals surface area contributed by atoms with Crippen LogP contribution in [0, 0.1) is 0 Å². The molecule has 0 radical (unpaired) electrons. The van der Waals surface area contributed by atoms with Crippen molar-refractivity contribution in [2.45, 2.75) is 25.9 Å². The third-order valence-corrected chi connectivity index (χ3v) is 4.48. The molecule has 18 heavy (non-hydrogen) atoms. The molecule has 1 saturated heterocycles. The molecule has 1 heterocycles. The first-order chi connectivity index (χ1) is 8.70. The van der Waals surface area contributed by atoms with Gasteiger partial charge < -0.3 is 10.5 Å². The lowest BCUT2D eigenvalue weighted by Gasteiger charge is -2.24. The number of anilines is 1. The standard InChI is InChI=1S/C14H22N2OS/c1-3-17-14-5-4-12(15)8-11(14)9-16(2)13-6-7-18-10-13/h4-5,8,13H,3,6-7,9-10,15H2,1-2H3. The van der Waals surface area contributed by atoms with E-state index < -0.39 is 0 Å². The number of hydrogen-bond donors (Lipinski definition) is 1. The predicted molar refractivity (Wildman–Crippen MR) is 79.2 cm³/mol. The largest absolute Gasteiger partial charge is 0.494 e. The highest BCUT2D eigenvalue weighted by Gasteiger charge is 2.20. The van der Waals surface area contributed by atoms with Gasteiger partial charge in [-0.2, -0.15) is 11.8 Å². The van der Waals surface area contributed by atoms with E-state index in [1.54, 1.807) is 0 Å². The van der Waals surface area contributed by atoms with E-state index in [1.807, 2.05) is 36.9 Å². The molecule has 1 atom stereocenters. The van der Waals surface area contributed by atoms with E-state index in [0.717, 1.165) is 18.0 Å². The normalized spacial score (nSPS) is 19.4. The summed E-state index contributed by atoms with van der Waals surface area (Å²) in [5.41, 5.74) is 7.87. The molecule has 0 aromatic heterocycles. The van der Waals surface area contributed by atoms with E-state index in [0.29, 0.717) is 12.6 Å². The van der Waals surface area contributed by atoms with Gasteiger partial charge in [0.2, 0.25) is 0 Å². The zero-order chi connectivity index (χ0) is 13.0. The van der Waals surface area contributed by atoms with Gasteiger partial charge in [-0.1, -0.05) is 0 Å². The summed E-state index contributed by atoms with van der Waals surface area (Å²) >= 11 is 2.04. The van der Waals surface area contributed by atoms with Crippen LogP contribution in [0.2, 0.25) is 0 Å². The molecule has 0 saturated carbocycles. The number of hydrogen-bond acceptors (Lipinski definition) is 4. The second-order valence-corrected chi connectivity index (χ2v) is 5.88. The number of ether oxygens (including phenoxy) is 1. The van der Waals surface area contributed by atoms with Crippen LogP contribution in [0.4, 0.5) is 5.69 Å². The molecule has 1 aromatic carbocycles. The number of thioether (sulfide) groups is 1. The van der Waals surface area contributed by atoms with Crippen LogP contribution in [0.15, 0.2) is 18.2 Å². The minimum absolute atomic E-state index is 0.686. The summed E-state index contributed by atoms with van der Waals surface area (Å²) in [5, 5.41) is 0. The van der Waals surface area contributed by atoms with Crippen molar-refractivity contribution >= 4 is 17.4 Å². The quantitative estimate of drug-likeness (QED) is 0.832. The van der Waals surface area contributed by atoms with Crippen LogP contribution in [0.25, 0.3) is 0 Å². The van der Waals surface area contributed by atoms with Crippen LogP contribution in [-0.4, -0.2) is 36.1 Å². The highest BCUT2D eigenvalue weighted by molar-refractivity contribution is 7.99. The van der Waals surface area contributed by atoms with Gasteiger partial charge in [0.05, 0.1) is 6.61 Å². The Morgan fingerprint density at radius 3 is 3.00 bits per heavy atom. The molecule has 1 fully saturated rings. The number of benzene rings is 1. The summed E-state index contributed by atoms with van der Waals surface area (Å²) in [6, 6.07) is 6.60.